The fourth-order valence-corrected chi connectivity index (χ4v) is 6.37. The van der Waals surface area contributed by atoms with Crippen LogP contribution in [0.2, 0.25) is 0 Å². The van der Waals surface area contributed by atoms with Gasteiger partial charge < -0.3 is 5.11 Å². The largest absolute Gasteiger partial charge is 0.392 e. The van der Waals surface area contributed by atoms with Gasteiger partial charge in [-0.3, -0.25) is 4.72 Å². The summed E-state index contributed by atoms with van der Waals surface area (Å²) in [5.74, 6) is 1.01. The molecule has 6 heteroatoms. The molecule has 0 aromatic rings. The van der Waals surface area contributed by atoms with Gasteiger partial charge >= 0.3 is 0 Å². The van der Waals surface area contributed by atoms with E-state index in [-0.39, 0.29) is 22.0 Å². The van der Waals surface area contributed by atoms with Crippen molar-refractivity contribution in [1.29, 1.82) is 0 Å². The number of hydrogen-bond donors (Lipinski definition) is 2. The van der Waals surface area contributed by atoms with E-state index in [1.807, 2.05) is 25.2 Å². The van der Waals surface area contributed by atoms with Gasteiger partial charge in [-0.25, -0.2) is 0 Å². The highest BCUT2D eigenvalue weighted by Gasteiger charge is 2.32. The zero-order valence-electron chi connectivity index (χ0n) is 18.2. The summed E-state index contributed by atoms with van der Waals surface area (Å²) in [6.45, 7) is 15.6. The van der Waals surface area contributed by atoms with Crippen LogP contribution in [0.4, 0.5) is 0 Å². The predicted octanol–water partition coefficient (Wildman–Crippen LogP) is 7.67. The van der Waals surface area contributed by atoms with Gasteiger partial charge in [-0.2, -0.15) is 0 Å². The van der Waals surface area contributed by atoms with Gasteiger partial charge in [0.15, 0.2) is 0 Å². The van der Waals surface area contributed by atoms with Crippen LogP contribution in [0.15, 0.2) is 60.4 Å². The van der Waals surface area contributed by atoms with E-state index in [1.54, 1.807) is 23.7 Å². The van der Waals surface area contributed by atoms with Crippen molar-refractivity contribution in [2.75, 3.05) is 0 Å². The Morgan fingerprint density at radius 3 is 2.53 bits per heavy atom. The minimum atomic E-state index is -0.508. The number of aliphatic hydroxyl groups excluding tert-OH is 1. The Labute approximate surface area is 202 Å². The van der Waals surface area contributed by atoms with Crippen molar-refractivity contribution in [1.82, 2.24) is 4.72 Å². The van der Waals surface area contributed by atoms with Crippen molar-refractivity contribution in [3.05, 3.63) is 60.4 Å². The molecule has 0 saturated carbocycles. The minimum Gasteiger partial charge on any atom is -0.392 e. The first kappa shape index (κ1) is 27.9. The van der Waals surface area contributed by atoms with Crippen molar-refractivity contribution in [3.8, 4) is 0 Å². The average Bonchev–Trinajstić information content (AvgIpc) is 3.09. The van der Waals surface area contributed by atoms with Crippen LogP contribution < -0.4 is 4.72 Å². The van der Waals surface area contributed by atoms with Crippen molar-refractivity contribution in [3.63, 3.8) is 0 Å². The third-order valence-corrected chi connectivity index (χ3v) is 8.38. The summed E-state index contributed by atoms with van der Waals surface area (Å²) in [5, 5.41) is 9.81. The molecular weight excluding hydrogens is 453 g/mol. The van der Waals surface area contributed by atoms with Gasteiger partial charge in [0.1, 0.15) is 0 Å². The van der Waals surface area contributed by atoms with Gasteiger partial charge in [0.05, 0.1) is 20.4 Å². The summed E-state index contributed by atoms with van der Waals surface area (Å²) in [4.78, 5) is 0. The van der Waals surface area contributed by atoms with Crippen LogP contribution in [0.25, 0.3) is 0 Å². The standard InChI is InChI=1S/C24H37Cl2NOS2/c1-6-11-18(8-3)13-10-14-19(12-7-2)21-16-23(29-24(21)26)30-27-20(9-4)15-22(28)17(5)25/h6-8,10,14,16-22,24,27-28H,1-3,9,11-13,15H2,4-5H3/b14-10-. The molecule has 7 unspecified atom stereocenters. The quantitative estimate of drug-likeness (QED) is 0.132. The Balaban J connectivity index is 2.71. The SMILES string of the molecule is C=CCC(C=C)C/C=C\C(CC=C)C1C=C(SNC(CC)CC(O)C(C)Cl)SC1Cl. The van der Waals surface area contributed by atoms with E-state index in [0.717, 1.165) is 25.7 Å². The molecule has 1 aliphatic heterocycles. The van der Waals surface area contributed by atoms with Crippen LogP contribution >= 0.6 is 46.9 Å². The summed E-state index contributed by atoms with van der Waals surface area (Å²) < 4.78 is 4.67. The van der Waals surface area contributed by atoms with Gasteiger partial charge in [-0.05, 0) is 62.8 Å². The molecule has 30 heavy (non-hydrogen) atoms. The second-order valence-electron chi connectivity index (χ2n) is 7.71. The summed E-state index contributed by atoms with van der Waals surface area (Å²) >= 11 is 16.0. The Hall–Kier alpha value is -0.1000. The fourth-order valence-electron chi connectivity index (χ4n) is 3.24. The number of nitrogens with one attached hydrogen (secondary N) is 1. The molecular formula is C24H37Cl2NOS2. The number of halogens is 2. The van der Waals surface area contributed by atoms with E-state index in [0.29, 0.717) is 18.3 Å². The predicted molar refractivity (Wildman–Crippen MR) is 140 cm³/mol. The van der Waals surface area contributed by atoms with Crippen LogP contribution in [0.1, 0.15) is 46.0 Å². The lowest BCUT2D eigenvalue weighted by Crippen LogP contribution is -2.31. The van der Waals surface area contributed by atoms with Gasteiger partial charge in [0, 0.05) is 12.0 Å². The fraction of sp³-hybridized carbons (Fsp3) is 0.583. The molecule has 1 heterocycles. The molecule has 0 spiro atoms. The molecule has 0 radical (unpaired) electrons. The maximum atomic E-state index is 10.1. The highest BCUT2D eigenvalue weighted by Crippen LogP contribution is 2.47. The molecule has 7 atom stereocenters. The molecule has 2 N–H and O–H groups in total. The smallest absolute Gasteiger partial charge is 0.0910 e. The van der Waals surface area contributed by atoms with Gasteiger partial charge in [-0.1, -0.05) is 55.1 Å². The maximum Gasteiger partial charge on any atom is 0.0910 e. The first-order valence-corrected chi connectivity index (χ1v) is 13.2. The van der Waals surface area contributed by atoms with Crippen molar-refractivity contribution in [2.45, 2.75) is 68.2 Å². The van der Waals surface area contributed by atoms with Gasteiger partial charge in [-0.15, -0.1) is 42.9 Å². The molecule has 0 bridgehead atoms. The Morgan fingerprint density at radius 2 is 1.97 bits per heavy atom. The molecule has 2 nitrogen and oxygen atoms in total. The molecule has 170 valence electrons. The van der Waals surface area contributed by atoms with Crippen LogP contribution in [0.5, 0.6) is 0 Å². The maximum absolute atomic E-state index is 10.1. The van der Waals surface area contributed by atoms with E-state index in [4.69, 9.17) is 23.2 Å². The van der Waals surface area contributed by atoms with Crippen LogP contribution in [-0.2, 0) is 0 Å². The second-order valence-corrected chi connectivity index (χ2v) is 11.4. The summed E-state index contributed by atoms with van der Waals surface area (Å²) in [5.41, 5.74) is 0. The third-order valence-electron chi connectivity index (χ3n) is 5.29. The van der Waals surface area contributed by atoms with Crippen LogP contribution in [0.3, 0.4) is 0 Å². The molecule has 1 rings (SSSR count). The van der Waals surface area contributed by atoms with E-state index in [2.05, 4.69) is 49.6 Å². The summed E-state index contributed by atoms with van der Waals surface area (Å²) in [7, 11) is 0. The van der Waals surface area contributed by atoms with Gasteiger partial charge in [0.25, 0.3) is 0 Å². The first-order chi connectivity index (χ1) is 14.4. The monoisotopic (exact) mass is 489 g/mol. The second kappa shape index (κ2) is 15.7. The Kier molecular flexibility index (Phi) is 14.6. The first-order valence-electron chi connectivity index (χ1n) is 10.6. The van der Waals surface area contributed by atoms with E-state index in [9.17, 15) is 5.11 Å². The highest BCUT2D eigenvalue weighted by atomic mass is 35.5. The van der Waals surface area contributed by atoms with E-state index >= 15 is 0 Å². The normalized spacial score (nSPS) is 24.1. The van der Waals surface area contributed by atoms with Crippen LogP contribution in [-0.4, -0.2) is 27.3 Å². The zero-order valence-corrected chi connectivity index (χ0v) is 21.3. The lowest BCUT2D eigenvalue weighted by molar-refractivity contribution is 0.152. The van der Waals surface area contributed by atoms with Crippen molar-refractivity contribution < 1.29 is 5.11 Å². The average molecular weight is 491 g/mol. The van der Waals surface area contributed by atoms with Crippen molar-refractivity contribution in [2.24, 2.45) is 17.8 Å². The van der Waals surface area contributed by atoms with Gasteiger partial charge in [0.2, 0.25) is 0 Å². The highest BCUT2D eigenvalue weighted by molar-refractivity contribution is 8.22. The molecule has 0 aliphatic carbocycles. The molecule has 0 aromatic heterocycles. The molecule has 1 aliphatic rings. The lowest BCUT2D eigenvalue weighted by atomic mass is 9.89. The minimum absolute atomic E-state index is 0.000747. The number of rotatable bonds is 16. The number of allylic oxidation sites excluding steroid dienone is 6. The lowest BCUT2D eigenvalue weighted by Gasteiger charge is -2.21. The number of aliphatic hydroxyl groups is 1. The van der Waals surface area contributed by atoms with E-state index < -0.39 is 6.10 Å². The number of alkyl halides is 2. The zero-order chi connectivity index (χ0) is 22.5. The molecule has 0 amide bonds. The molecule has 0 fully saturated rings. The molecule has 0 saturated heterocycles. The number of hydrogen-bond acceptors (Lipinski definition) is 4. The number of thioether (sulfide) groups is 1. The van der Waals surface area contributed by atoms with Crippen molar-refractivity contribution >= 4 is 46.9 Å². The van der Waals surface area contributed by atoms with E-state index in [1.165, 1.54) is 4.24 Å². The summed E-state index contributed by atoms with van der Waals surface area (Å²) in [6, 6.07) is 0.199. The Morgan fingerprint density at radius 1 is 1.27 bits per heavy atom. The summed E-state index contributed by atoms with van der Waals surface area (Å²) in [6.07, 6.45) is 16.6. The topological polar surface area (TPSA) is 32.3 Å². The third kappa shape index (κ3) is 10.0. The Bertz CT molecular complexity index is 594. The molecule has 0 aromatic carbocycles. The van der Waals surface area contributed by atoms with Crippen LogP contribution in [0, 0.1) is 17.8 Å².